The van der Waals surface area contributed by atoms with Gasteiger partial charge in [-0.2, -0.15) is 0 Å². The third kappa shape index (κ3) is 3.69. The molecule has 0 N–H and O–H groups in total. The smallest absolute Gasteiger partial charge is 0.0273 e. The van der Waals surface area contributed by atoms with E-state index in [2.05, 4.69) is 43.6 Å². The van der Waals surface area contributed by atoms with Crippen molar-refractivity contribution in [3.63, 3.8) is 0 Å². The average molecular weight is 231 g/mol. The predicted octanol–water partition coefficient (Wildman–Crippen LogP) is 4.72. The quantitative estimate of drug-likeness (QED) is 0.480. The van der Waals surface area contributed by atoms with Gasteiger partial charge in [0.05, 0.1) is 0 Å². The fraction of sp³-hybridized carbons (Fsp3) is 0.562. The van der Waals surface area contributed by atoms with Crippen molar-refractivity contribution in [2.75, 3.05) is 7.05 Å². The molecule has 0 amide bonds. The zero-order valence-corrected chi connectivity index (χ0v) is 11.5. The van der Waals surface area contributed by atoms with E-state index in [-0.39, 0.29) is 0 Å². The first-order valence-electron chi connectivity index (χ1n) is 6.56. The van der Waals surface area contributed by atoms with Gasteiger partial charge >= 0.3 is 0 Å². The molecule has 0 aromatic carbocycles. The van der Waals surface area contributed by atoms with E-state index in [4.69, 9.17) is 0 Å². The molecule has 1 nitrogen and oxygen atoms in total. The van der Waals surface area contributed by atoms with Crippen molar-refractivity contribution in [3.8, 4) is 0 Å². The Bertz CT molecular complexity index is 347. The Labute approximate surface area is 106 Å². The summed E-state index contributed by atoms with van der Waals surface area (Å²) in [6, 6.07) is 0. The van der Waals surface area contributed by atoms with Crippen LogP contribution in [0, 0.1) is 5.41 Å². The Balaban J connectivity index is 2.68. The molecule has 1 aliphatic carbocycles. The van der Waals surface area contributed by atoms with Crippen LogP contribution in [0.5, 0.6) is 0 Å². The summed E-state index contributed by atoms with van der Waals surface area (Å²) in [5.74, 6) is 0. The van der Waals surface area contributed by atoms with Crippen LogP contribution >= 0.6 is 0 Å². The number of nitrogens with zero attached hydrogens (tertiary/aromatic N) is 1. The van der Waals surface area contributed by atoms with Gasteiger partial charge in [-0.3, -0.25) is 0 Å². The Morgan fingerprint density at radius 2 is 2.24 bits per heavy atom. The lowest BCUT2D eigenvalue weighted by atomic mass is 9.79. The van der Waals surface area contributed by atoms with Crippen molar-refractivity contribution in [2.24, 2.45) is 10.4 Å². The number of rotatable bonds is 5. The molecule has 94 valence electrons. The minimum absolute atomic E-state index is 0.332. The minimum Gasteiger partial charge on any atom is -0.301 e. The second kappa shape index (κ2) is 6.58. The van der Waals surface area contributed by atoms with Crippen LogP contribution in [0.25, 0.3) is 0 Å². The van der Waals surface area contributed by atoms with E-state index in [1.54, 1.807) is 0 Å². The summed E-state index contributed by atoms with van der Waals surface area (Å²) in [4.78, 5) is 4.04. The van der Waals surface area contributed by atoms with Crippen molar-refractivity contribution in [1.29, 1.82) is 0 Å². The van der Waals surface area contributed by atoms with Crippen LogP contribution in [0.4, 0.5) is 0 Å². The molecule has 0 bridgehead atoms. The molecule has 17 heavy (non-hydrogen) atoms. The molecular weight excluding hydrogens is 206 g/mol. The van der Waals surface area contributed by atoms with E-state index in [9.17, 15) is 0 Å². The first kappa shape index (κ1) is 14.0. The number of hydrogen-bond acceptors (Lipinski definition) is 1. The van der Waals surface area contributed by atoms with E-state index < -0.39 is 0 Å². The molecule has 0 aromatic heterocycles. The fourth-order valence-corrected chi connectivity index (χ4v) is 2.61. The van der Waals surface area contributed by atoms with E-state index in [0.29, 0.717) is 5.41 Å². The minimum atomic E-state index is 0.332. The number of unbranched alkanes of at least 4 members (excludes halogenated alkanes) is 1. The first-order chi connectivity index (χ1) is 8.14. The summed E-state index contributed by atoms with van der Waals surface area (Å²) in [7, 11) is 1.84. The Kier molecular flexibility index (Phi) is 5.40. The van der Waals surface area contributed by atoms with Gasteiger partial charge in [-0.05, 0) is 56.2 Å². The third-order valence-electron chi connectivity index (χ3n) is 3.71. The van der Waals surface area contributed by atoms with Gasteiger partial charge in [-0.1, -0.05) is 37.3 Å². The maximum atomic E-state index is 4.20. The third-order valence-corrected chi connectivity index (χ3v) is 3.71. The molecule has 1 aliphatic rings. The molecule has 0 aliphatic heterocycles. The fourth-order valence-electron chi connectivity index (χ4n) is 2.61. The van der Waals surface area contributed by atoms with Crippen molar-refractivity contribution < 1.29 is 0 Å². The summed E-state index contributed by atoms with van der Waals surface area (Å²) >= 11 is 0. The summed E-state index contributed by atoms with van der Waals surface area (Å²) in [6.45, 7) is 8.64. The molecule has 0 spiro atoms. The lowest BCUT2D eigenvalue weighted by Gasteiger charge is -2.25. The SMILES string of the molecule is C=C1CCC(C)(CCCC=NC)/C1=C/C=C\C. The largest absolute Gasteiger partial charge is 0.301 e. The molecule has 1 heteroatoms. The van der Waals surface area contributed by atoms with Gasteiger partial charge in [-0.15, -0.1) is 0 Å². The van der Waals surface area contributed by atoms with E-state index in [1.807, 2.05) is 13.3 Å². The van der Waals surface area contributed by atoms with Gasteiger partial charge in [-0.25, -0.2) is 0 Å². The van der Waals surface area contributed by atoms with Gasteiger partial charge in [0.1, 0.15) is 0 Å². The normalized spacial score (nSPS) is 27.9. The molecule has 0 heterocycles. The molecule has 1 atom stereocenters. The lowest BCUT2D eigenvalue weighted by Crippen LogP contribution is -2.14. The molecule has 0 aromatic rings. The molecule has 1 rings (SSSR count). The summed E-state index contributed by atoms with van der Waals surface area (Å²) in [5.41, 5.74) is 3.12. The van der Waals surface area contributed by atoms with Crippen LogP contribution in [0.1, 0.15) is 46.0 Å². The van der Waals surface area contributed by atoms with Crippen LogP contribution in [0.2, 0.25) is 0 Å². The monoisotopic (exact) mass is 231 g/mol. The predicted molar refractivity (Wildman–Crippen MR) is 77.6 cm³/mol. The van der Waals surface area contributed by atoms with Gasteiger partial charge in [0.15, 0.2) is 0 Å². The highest BCUT2D eigenvalue weighted by Gasteiger charge is 2.34. The van der Waals surface area contributed by atoms with E-state index in [1.165, 1.54) is 30.4 Å². The van der Waals surface area contributed by atoms with Crippen LogP contribution < -0.4 is 0 Å². The Hall–Kier alpha value is -1.11. The van der Waals surface area contributed by atoms with E-state index >= 15 is 0 Å². The van der Waals surface area contributed by atoms with E-state index in [0.717, 1.165) is 12.8 Å². The molecule has 1 unspecified atom stereocenters. The van der Waals surface area contributed by atoms with Crippen LogP contribution in [0.15, 0.2) is 40.9 Å². The zero-order valence-electron chi connectivity index (χ0n) is 11.5. The summed E-state index contributed by atoms with van der Waals surface area (Å²) < 4.78 is 0. The first-order valence-corrected chi connectivity index (χ1v) is 6.56. The molecule has 0 radical (unpaired) electrons. The van der Waals surface area contributed by atoms with Gasteiger partial charge in [0.25, 0.3) is 0 Å². The highest BCUT2D eigenvalue weighted by atomic mass is 14.6. The molecule has 0 saturated heterocycles. The average Bonchev–Trinajstić information content (AvgIpc) is 2.59. The van der Waals surface area contributed by atoms with Crippen molar-refractivity contribution >= 4 is 6.21 Å². The standard InChI is InChI=1S/C16H25N/c1-5-6-9-15-14(2)10-12-16(15,3)11-7-8-13-17-4/h5-6,9,13H,2,7-8,10-12H2,1,3-4H3/b6-5-,15-9+,17-13?. The number of hydrogen-bond donors (Lipinski definition) is 0. The van der Waals surface area contributed by atoms with Crippen molar-refractivity contribution in [2.45, 2.75) is 46.0 Å². The molecule has 1 saturated carbocycles. The highest BCUT2D eigenvalue weighted by Crippen LogP contribution is 2.48. The number of aliphatic imine (C=N–C) groups is 1. The van der Waals surface area contributed by atoms with Gasteiger partial charge in [0.2, 0.25) is 0 Å². The van der Waals surface area contributed by atoms with Crippen LogP contribution in [0.3, 0.4) is 0 Å². The van der Waals surface area contributed by atoms with Crippen LogP contribution in [-0.2, 0) is 0 Å². The van der Waals surface area contributed by atoms with Gasteiger partial charge < -0.3 is 4.99 Å². The van der Waals surface area contributed by atoms with Gasteiger partial charge in [0, 0.05) is 7.05 Å². The maximum absolute atomic E-state index is 4.20. The van der Waals surface area contributed by atoms with Crippen molar-refractivity contribution in [1.82, 2.24) is 0 Å². The summed E-state index contributed by atoms with van der Waals surface area (Å²) in [5, 5.41) is 0. The second-order valence-corrected chi connectivity index (χ2v) is 5.10. The number of allylic oxidation sites excluding steroid dienone is 5. The Morgan fingerprint density at radius 1 is 1.47 bits per heavy atom. The zero-order chi connectivity index (χ0) is 12.7. The maximum Gasteiger partial charge on any atom is 0.0273 e. The second-order valence-electron chi connectivity index (χ2n) is 5.10. The van der Waals surface area contributed by atoms with Crippen LogP contribution in [-0.4, -0.2) is 13.3 Å². The summed E-state index contributed by atoms with van der Waals surface area (Å²) in [6.07, 6.45) is 14.4. The Morgan fingerprint density at radius 3 is 2.88 bits per heavy atom. The molecule has 1 fully saturated rings. The highest BCUT2D eigenvalue weighted by molar-refractivity contribution is 5.56. The van der Waals surface area contributed by atoms with Crippen molar-refractivity contribution in [3.05, 3.63) is 36.0 Å². The topological polar surface area (TPSA) is 12.4 Å². The lowest BCUT2D eigenvalue weighted by molar-refractivity contribution is 0.368. The molecular formula is C16H25N.